The molecule has 5 aromatic rings. The molecular formula is C27H22ClN7O. The van der Waals surface area contributed by atoms with E-state index in [4.69, 9.17) is 26.8 Å². The van der Waals surface area contributed by atoms with Crippen LogP contribution in [-0.4, -0.2) is 24.3 Å². The Kier molecular flexibility index (Phi) is 6.48. The van der Waals surface area contributed by atoms with Gasteiger partial charge in [-0.2, -0.15) is 10.4 Å². The summed E-state index contributed by atoms with van der Waals surface area (Å²) in [7, 11) is 1.73. The fourth-order valence-electron chi connectivity index (χ4n) is 3.94. The monoisotopic (exact) mass is 495 g/mol. The summed E-state index contributed by atoms with van der Waals surface area (Å²) in [4.78, 5) is 21.5. The van der Waals surface area contributed by atoms with Gasteiger partial charge in [0.25, 0.3) is 0 Å². The van der Waals surface area contributed by atoms with Gasteiger partial charge in [0.1, 0.15) is 5.82 Å². The topological polar surface area (TPSA) is 101 Å². The molecule has 0 fully saturated rings. The fourth-order valence-corrected chi connectivity index (χ4v) is 4.15. The van der Waals surface area contributed by atoms with Gasteiger partial charge < -0.3 is 9.88 Å². The van der Waals surface area contributed by atoms with Crippen LogP contribution >= 0.6 is 11.6 Å². The van der Waals surface area contributed by atoms with E-state index in [9.17, 15) is 4.79 Å². The van der Waals surface area contributed by atoms with Gasteiger partial charge in [0.2, 0.25) is 5.56 Å². The molecule has 0 aliphatic carbocycles. The normalized spacial score (nSPS) is 10.9. The molecule has 36 heavy (non-hydrogen) atoms. The smallest absolute Gasteiger partial charge is 0.250 e. The average molecular weight is 496 g/mol. The number of rotatable bonds is 7. The number of hydrogen-bond acceptors (Lipinski definition) is 6. The lowest BCUT2D eigenvalue weighted by atomic mass is 10.0. The molecule has 8 nitrogen and oxygen atoms in total. The Bertz CT molecular complexity index is 1670. The summed E-state index contributed by atoms with van der Waals surface area (Å²) in [5.74, 6) is 1.21. The lowest BCUT2D eigenvalue weighted by molar-refractivity contribution is 0.628. The Labute approximate surface area is 212 Å². The summed E-state index contributed by atoms with van der Waals surface area (Å²) in [6, 6.07) is 19.1. The molecule has 0 radical (unpaired) electrons. The molecule has 1 N–H and O–H groups in total. The fraction of sp³-hybridized carbons (Fsp3) is 0.148. The predicted molar refractivity (Wildman–Crippen MR) is 140 cm³/mol. The maximum Gasteiger partial charge on any atom is 0.250 e. The Morgan fingerprint density at radius 3 is 2.69 bits per heavy atom. The zero-order valence-electron chi connectivity index (χ0n) is 19.5. The highest BCUT2D eigenvalue weighted by atomic mass is 35.5. The van der Waals surface area contributed by atoms with E-state index < -0.39 is 0 Å². The van der Waals surface area contributed by atoms with Gasteiger partial charge >= 0.3 is 0 Å². The van der Waals surface area contributed by atoms with Crippen molar-refractivity contribution in [1.29, 1.82) is 5.26 Å². The second-order valence-corrected chi connectivity index (χ2v) is 8.81. The number of halogens is 1. The molecule has 0 aliphatic rings. The van der Waals surface area contributed by atoms with E-state index in [0.717, 1.165) is 33.2 Å². The van der Waals surface area contributed by atoms with E-state index in [0.29, 0.717) is 36.2 Å². The van der Waals surface area contributed by atoms with Crippen LogP contribution in [0, 0.1) is 11.3 Å². The van der Waals surface area contributed by atoms with Crippen molar-refractivity contribution in [2.24, 2.45) is 7.05 Å². The second-order valence-electron chi connectivity index (χ2n) is 8.38. The van der Waals surface area contributed by atoms with E-state index in [2.05, 4.69) is 16.5 Å². The highest BCUT2D eigenvalue weighted by Crippen LogP contribution is 2.30. The van der Waals surface area contributed by atoms with Gasteiger partial charge in [0, 0.05) is 42.5 Å². The Morgan fingerprint density at radius 1 is 1.03 bits per heavy atom. The van der Waals surface area contributed by atoms with Crippen molar-refractivity contribution in [3.63, 3.8) is 0 Å². The first-order valence-corrected chi connectivity index (χ1v) is 11.7. The van der Waals surface area contributed by atoms with E-state index in [-0.39, 0.29) is 5.56 Å². The van der Waals surface area contributed by atoms with Crippen molar-refractivity contribution in [1.82, 2.24) is 24.3 Å². The highest BCUT2D eigenvalue weighted by Gasteiger charge is 2.13. The first-order valence-electron chi connectivity index (χ1n) is 11.4. The minimum absolute atomic E-state index is 0.0632. The van der Waals surface area contributed by atoms with Crippen molar-refractivity contribution in [2.75, 3.05) is 5.32 Å². The number of nitrogens with zero attached hydrogens (tertiary/aromatic N) is 6. The molecule has 0 amide bonds. The lowest BCUT2D eigenvalue weighted by Crippen LogP contribution is -2.13. The standard InChI is InChI=1S/C27H22ClN7O/c1-34-16-20(7-9-25(34)36)19-6-8-24-23(13-19)27(30-14-18-4-2-5-22(28)12-18)33-26(32-24)21-15-31-35(17-21)11-3-10-29/h2,4-9,12-13,15-17H,3,11,14H2,1H3,(H,30,32,33). The quantitative estimate of drug-likeness (QED) is 0.339. The van der Waals surface area contributed by atoms with Crippen LogP contribution in [0.5, 0.6) is 0 Å². The largest absolute Gasteiger partial charge is 0.365 e. The van der Waals surface area contributed by atoms with Crippen molar-refractivity contribution < 1.29 is 0 Å². The van der Waals surface area contributed by atoms with Crippen LogP contribution in [0.4, 0.5) is 5.82 Å². The van der Waals surface area contributed by atoms with E-state index in [1.807, 2.05) is 60.9 Å². The van der Waals surface area contributed by atoms with Crippen molar-refractivity contribution in [3.8, 4) is 28.6 Å². The molecule has 0 atom stereocenters. The van der Waals surface area contributed by atoms with Gasteiger partial charge in [-0.25, -0.2) is 9.97 Å². The van der Waals surface area contributed by atoms with E-state index in [1.165, 1.54) is 0 Å². The van der Waals surface area contributed by atoms with Gasteiger partial charge in [-0.3, -0.25) is 9.48 Å². The number of pyridine rings is 1. The molecular weight excluding hydrogens is 474 g/mol. The average Bonchev–Trinajstić information content (AvgIpc) is 3.36. The SMILES string of the molecule is Cn1cc(-c2ccc3nc(-c4cnn(CCC#N)c4)nc(NCc4cccc(Cl)c4)c3c2)ccc1=O. The Balaban J connectivity index is 1.58. The van der Waals surface area contributed by atoms with Crippen molar-refractivity contribution in [3.05, 3.63) is 94.1 Å². The number of aromatic nitrogens is 5. The maximum atomic E-state index is 11.8. The minimum atomic E-state index is -0.0632. The third-order valence-corrected chi connectivity index (χ3v) is 6.04. The number of fused-ring (bicyclic) bond motifs is 1. The number of benzene rings is 2. The predicted octanol–water partition coefficient (Wildman–Crippen LogP) is 5.04. The number of aryl methyl sites for hydroxylation is 2. The van der Waals surface area contributed by atoms with Gasteiger partial charge in [-0.15, -0.1) is 0 Å². The third kappa shape index (κ3) is 4.97. The summed E-state index contributed by atoms with van der Waals surface area (Å²) in [6.45, 7) is 1.03. The van der Waals surface area contributed by atoms with Crippen molar-refractivity contribution >= 4 is 28.3 Å². The summed E-state index contributed by atoms with van der Waals surface area (Å²) < 4.78 is 3.27. The maximum absolute atomic E-state index is 11.8. The summed E-state index contributed by atoms with van der Waals surface area (Å²) in [6.07, 6.45) is 5.74. The Morgan fingerprint density at radius 2 is 1.89 bits per heavy atom. The first-order chi connectivity index (χ1) is 17.5. The molecule has 0 saturated carbocycles. The second kappa shape index (κ2) is 10.0. The first kappa shape index (κ1) is 23.3. The zero-order valence-corrected chi connectivity index (χ0v) is 20.3. The van der Waals surface area contributed by atoms with Gasteiger partial charge in [-0.05, 0) is 47.0 Å². The number of anilines is 1. The molecule has 3 heterocycles. The van der Waals surface area contributed by atoms with E-state index in [1.54, 1.807) is 28.6 Å². The molecule has 3 aromatic heterocycles. The molecule has 178 valence electrons. The van der Waals surface area contributed by atoms with Crippen LogP contribution in [0.15, 0.2) is 78.0 Å². The number of hydrogen-bond donors (Lipinski definition) is 1. The molecule has 0 bridgehead atoms. The minimum Gasteiger partial charge on any atom is -0.365 e. The summed E-state index contributed by atoms with van der Waals surface area (Å²) in [5.41, 5.74) is 4.36. The van der Waals surface area contributed by atoms with Crippen LogP contribution in [0.2, 0.25) is 5.02 Å². The van der Waals surface area contributed by atoms with Crippen LogP contribution in [0.1, 0.15) is 12.0 Å². The summed E-state index contributed by atoms with van der Waals surface area (Å²) >= 11 is 6.17. The van der Waals surface area contributed by atoms with Gasteiger partial charge in [0.05, 0.1) is 36.3 Å². The van der Waals surface area contributed by atoms with Gasteiger partial charge in [-0.1, -0.05) is 29.8 Å². The zero-order chi connectivity index (χ0) is 25.1. The van der Waals surface area contributed by atoms with E-state index >= 15 is 0 Å². The molecule has 2 aromatic carbocycles. The third-order valence-electron chi connectivity index (χ3n) is 5.81. The molecule has 0 saturated heterocycles. The van der Waals surface area contributed by atoms with Crippen LogP contribution in [0.3, 0.4) is 0 Å². The van der Waals surface area contributed by atoms with Gasteiger partial charge in [0.15, 0.2) is 5.82 Å². The Hall–Kier alpha value is -4.48. The number of nitriles is 1. The van der Waals surface area contributed by atoms with Crippen LogP contribution < -0.4 is 10.9 Å². The van der Waals surface area contributed by atoms with Crippen molar-refractivity contribution in [2.45, 2.75) is 19.5 Å². The highest BCUT2D eigenvalue weighted by molar-refractivity contribution is 6.30. The lowest BCUT2D eigenvalue weighted by Gasteiger charge is -2.12. The molecule has 0 aliphatic heterocycles. The summed E-state index contributed by atoms with van der Waals surface area (Å²) in [5, 5.41) is 18.2. The molecule has 5 rings (SSSR count). The number of nitrogens with one attached hydrogen (secondary N) is 1. The molecule has 0 unspecified atom stereocenters. The van der Waals surface area contributed by atoms with Crippen LogP contribution in [-0.2, 0) is 20.1 Å². The molecule has 9 heteroatoms. The molecule has 0 spiro atoms. The van der Waals surface area contributed by atoms with Crippen LogP contribution in [0.25, 0.3) is 33.4 Å².